The van der Waals surface area contributed by atoms with E-state index >= 15 is 0 Å². The average Bonchev–Trinajstić information content (AvgIpc) is 3.14. The van der Waals surface area contributed by atoms with Crippen molar-refractivity contribution in [2.45, 2.75) is 39.1 Å². The van der Waals surface area contributed by atoms with Crippen molar-refractivity contribution in [1.29, 1.82) is 0 Å². The lowest BCUT2D eigenvalue weighted by atomic mass is 10.1. The number of rotatable bonds is 9. The Labute approximate surface area is 184 Å². The second-order valence-corrected chi connectivity index (χ2v) is 7.79. The summed E-state index contributed by atoms with van der Waals surface area (Å²) in [5, 5.41) is 22.5. The molecule has 0 saturated carbocycles. The molecular formula is C21H23N5O4S. The SMILES string of the molecule is CCn1c(COc2cc(C)ccc2C)nnc1SCC(=O)Nc1cccc([N+](=O)[O-])c1. The number of carbonyl (C=O) groups excluding carboxylic acids is 1. The van der Waals surface area contributed by atoms with Gasteiger partial charge in [-0.3, -0.25) is 14.9 Å². The summed E-state index contributed by atoms with van der Waals surface area (Å²) in [4.78, 5) is 22.6. The van der Waals surface area contributed by atoms with Gasteiger partial charge in [0.15, 0.2) is 11.0 Å². The van der Waals surface area contributed by atoms with Crippen LogP contribution in [-0.2, 0) is 17.9 Å². The first-order valence-electron chi connectivity index (χ1n) is 9.66. The maximum atomic E-state index is 12.3. The van der Waals surface area contributed by atoms with Crippen LogP contribution < -0.4 is 10.1 Å². The molecular weight excluding hydrogens is 418 g/mol. The molecule has 162 valence electrons. The Kier molecular flexibility index (Phi) is 7.24. The van der Waals surface area contributed by atoms with Gasteiger partial charge in [-0.1, -0.05) is 30.0 Å². The molecule has 0 aliphatic carbocycles. The molecule has 1 aromatic heterocycles. The summed E-state index contributed by atoms with van der Waals surface area (Å²) < 4.78 is 7.83. The number of nitro groups is 1. The molecule has 0 atom stereocenters. The van der Waals surface area contributed by atoms with E-state index in [2.05, 4.69) is 15.5 Å². The molecule has 0 fully saturated rings. The molecule has 0 bridgehead atoms. The van der Waals surface area contributed by atoms with Gasteiger partial charge >= 0.3 is 0 Å². The number of nitrogens with zero attached hydrogens (tertiary/aromatic N) is 4. The molecule has 3 aromatic rings. The van der Waals surface area contributed by atoms with E-state index in [1.165, 1.54) is 30.0 Å². The zero-order chi connectivity index (χ0) is 22.4. The predicted octanol–water partition coefficient (Wildman–Crippen LogP) is 4.13. The standard InChI is InChI=1S/C21H23N5O4S/c1-4-25-19(12-30-18-10-14(2)8-9-15(18)3)23-24-21(25)31-13-20(27)22-16-6-5-7-17(11-16)26(28)29/h5-11H,4,12-13H2,1-3H3,(H,22,27). The number of anilines is 1. The Morgan fingerprint density at radius 1 is 1.23 bits per heavy atom. The minimum Gasteiger partial charge on any atom is -0.485 e. The number of nitrogens with one attached hydrogen (secondary N) is 1. The largest absolute Gasteiger partial charge is 0.485 e. The zero-order valence-corrected chi connectivity index (χ0v) is 18.3. The molecule has 1 heterocycles. The van der Waals surface area contributed by atoms with Crippen LogP contribution in [0.4, 0.5) is 11.4 Å². The molecule has 0 aliphatic heterocycles. The number of nitro benzene ring substituents is 1. The molecule has 0 radical (unpaired) electrons. The number of ether oxygens (including phenoxy) is 1. The number of non-ortho nitro benzene ring substituents is 1. The van der Waals surface area contributed by atoms with Crippen molar-refractivity contribution in [3.05, 3.63) is 69.5 Å². The number of carbonyl (C=O) groups is 1. The van der Waals surface area contributed by atoms with Crippen LogP contribution in [0.15, 0.2) is 47.6 Å². The number of amides is 1. The van der Waals surface area contributed by atoms with E-state index in [0.717, 1.165) is 16.9 Å². The van der Waals surface area contributed by atoms with Gasteiger partial charge in [0, 0.05) is 24.4 Å². The van der Waals surface area contributed by atoms with Crippen molar-refractivity contribution in [1.82, 2.24) is 14.8 Å². The molecule has 0 aliphatic rings. The van der Waals surface area contributed by atoms with E-state index in [4.69, 9.17) is 4.74 Å². The van der Waals surface area contributed by atoms with Crippen LogP contribution in [0, 0.1) is 24.0 Å². The molecule has 0 spiro atoms. The zero-order valence-electron chi connectivity index (χ0n) is 17.5. The third-order valence-electron chi connectivity index (χ3n) is 4.48. The smallest absolute Gasteiger partial charge is 0.271 e. The van der Waals surface area contributed by atoms with Crippen LogP contribution in [0.2, 0.25) is 0 Å². The second kappa shape index (κ2) is 10.1. The Morgan fingerprint density at radius 2 is 2.03 bits per heavy atom. The van der Waals surface area contributed by atoms with Gasteiger partial charge in [0.25, 0.3) is 5.69 Å². The lowest BCUT2D eigenvalue weighted by Gasteiger charge is -2.11. The predicted molar refractivity (Wildman–Crippen MR) is 118 cm³/mol. The van der Waals surface area contributed by atoms with Crippen molar-refractivity contribution in [2.24, 2.45) is 0 Å². The highest BCUT2D eigenvalue weighted by Crippen LogP contribution is 2.23. The van der Waals surface area contributed by atoms with Gasteiger partial charge < -0.3 is 14.6 Å². The first-order chi connectivity index (χ1) is 14.9. The first-order valence-corrected chi connectivity index (χ1v) is 10.6. The summed E-state index contributed by atoms with van der Waals surface area (Å²) in [7, 11) is 0. The Morgan fingerprint density at radius 3 is 2.77 bits per heavy atom. The molecule has 31 heavy (non-hydrogen) atoms. The molecule has 1 amide bonds. The molecule has 9 nitrogen and oxygen atoms in total. The van der Waals surface area contributed by atoms with E-state index in [9.17, 15) is 14.9 Å². The van der Waals surface area contributed by atoms with Gasteiger partial charge in [-0.05, 0) is 44.0 Å². The van der Waals surface area contributed by atoms with Crippen LogP contribution in [0.1, 0.15) is 23.9 Å². The van der Waals surface area contributed by atoms with Gasteiger partial charge in [0.05, 0.1) is 10.7 Å². The number of hydrogen-bond donors (Lipinski definition) is 1. The molecule has 0 saturated heterocycles. The lowest BCUT2D eigenvalue weighted by Crippen LogP contribution is -2.15. The highest BCUT2D eigenvalue weighted by Gasteiger charge is 2.15. The van der Waals surface area contributed by atoms with Crippen LogP contribution in [0.3, 0.4) is 0 Å². The highest BCUT2D eigenvalue weighted by molar-refractivity contribution is 7.99. The van der Waals surface area contributed by atoms with E-state index in [1.807, 2.05) is 43.5 Å². The fraction of sp³-hybridized carbons (Fsp3) is 0.286. The maximum Gasteiger partial charge on any atom is 0.271 e. The van der Waals surface area contributed by atoms with Gasteiger partial charge in [0.1, 0.15) is 12.4 Å². The fourth-order valence-corrected chi connectivity index (χ4v) is 3.70. The molecule has 10 heteroatoms. The van der Waals surface area contributed by atoms with Crippen molar-refractivity contribution in [2.75, 3.05) is 11.1 Å². The van der Waals surface area contributed by atoms with Crippen LogP contribution in [0.5, 0.6) is 5.75 Å². The van der Waals surface area contributed by atoms with Crippen molar-refractivity contribution in [3.63, 3.8) is 0 Å². The Bertz CT molecular complexity index is 1100. The number of hydrogen-bond acceptors (Lipinski definition) is 7. The third-order valence-corrected chi connectivity index (χ3v) is 5.45. The quantitative estimate of drug-likeness (QED) is 0.302. The molecule has 0 unspecified atom stereocenters. The minimum atomic E-state index is -0.504. The van der Waals surface area contributed by atoms with Gasteiger partial charge in [-0.15, -0.1) is 10.2 Å². The van der Waals surface area contributed by atoms with Crippen LogP contribution in [0.25, 0.3) is 0 Å². The fourth-order valence-electron chi connectivity index (χ4n) is 2.88. The van der Waals surface area contributed by atoms with E-state index in [1.54, 1.807) is 6.07 Å². The Hall–Kier alpha value is -3.40. The monoisotopic (exact) mass is 441 g/mol. The molecule has 3 rings (SSSR count). The average molecular weight is 442 g/mol. The summed E-state index contributed by atoms with van der Waals surface area (Å²) in [6.07, 6.45) is 0. The maximum absolute atomic E-state index is 12.3. The Balaban J connectivity index is 1.60. The van der Waals surface area contributed by atoms with E-state index < -0.39 is 4.92 Å². The summed E-state index contributed by atoms with van der Waals surface area (Å²) in [5.74, 6) is 1.28. The summed E-state index contributed by atoms with van der Waals surface area (Å²) in [5.41, 5.74) is 2.45. The van der Waals surface area contributed by atoms with Gasteiger partial charge in [-0.25, -0.2) is 0 Å². The molecule has 1 N–H and O–H groups in total. The lowest BCUT2D eigenvalue weighted by molar-refractivity contribution is -0.384. The van der Waals surface area contributed by atoms with Crippen molar-refractivity contribution in [3.8, 4) is 5.75 Å². The van der Waals surface area contributed by atoms with Crippen molar-refractivity contribution >= 4 is 29.0 Å². The minimum absolute atomic E-state index is 0.0790. The van der Waals surface area contributed by atoms with Crippen LogP contribution in [-0.4, -0.2) is 31.3 Å². The first kappa shape index (κ1) is 22.3. The number of thioether (sulfide) groups is 1. The van der Waals surface area contributed by atoms with Crippen molar-refractivity contribution < 1.29 is 14.5 Å². The second-order valence-electron chi connectivity index (χ2n) is 6.84. The highest BCUT2D eigenvalue weighted by atomic mass is 32.2. The summed E-state index contributed by atoms with van der Waals surface area (Å²) in [6.45, 7) is 6.87. The topological polar surface area (TPSA) is 112 Å². The van der Waals surface area contributed by atoms with E-state index in [-0.39, 0.29) is 24.0 Å². The van der Waals surface area contributed by atoms with Gasteiger partial charge in [0.2, 0.25) is 5.91 Å². The van der Waals surface area contributed by atoms with Crippen LogP contribution >= 0.6 is 11.8 Å². The number of aromatic nitrogens is 3. The summed E-state index contributed by atoms with van der Waals surface area (Å²) >= 11 is 1.25. The summed E-state index contributed by atoms with van der Waals surface area (Å²) in [6, 6.07) is 11.8. The third kappa shape index (κ3) is 5.82. The molecule has 2 aromatic carbocycles. The number of aryl methyl sites for hydroxylation is 2. The normalized spacial score (nSPS) is 10.7. The number of benzene rings is 2. The van der Waals surface area contributed by atoms with Gasteiger partial charge in [-0.2, -0.15) is 0 Å². The van der Waals surface area contributed by atoms with E-state index in [0.29, 0.717) is 23.2 Å².